The van der Waals surface area contributed by atoms with Gasteiger partial charge in [0.15, 0.2) is 11.6 Å². The SMILES string of the molecule is COCc1cccc(NC(=O)c2c(C)nc(-c3ccco3)nc2SC)c1. The van der Waals surface area contributed by atoms with E-state index < -0.39 is 0 Å². The van der Waals surface area contributed by atoms with E-state index in [0.717, 1.165) is 5.56 Å². The Morgan fingerprint density at radius 1 is 1.27 bits per heavy atom. The third kappa shape index (κ3) is 3.95. The fourth-order valence-electron chi connectivity index (χ4n) is 2.57. The summed E-state index contributed by atoms with van der Waals surface area (Å²) in [6, 6.07) is 11.1. The second-order valence-electron chi connectivity index (χ2n) is 5.58. The molecule has 0 saturated carbocycles. The van der Waals surface area contributed by atoms with Crippen LogP contribution in [-0.2, 0) is 11.3 Å². The van der Waals surface area contributed by atoms with Gasteiger partial charge in [0.05, 0.1) is 24.1 Å². The molecule has 26 heavy (non-hydrogen) atoms. The maximum Gasteiger partial charge on any atom is 0.260 e. The fourth-order valence-corrected chi connectivity index (χ4v) is 3.19. The molecule has 0 bridgehead atoms. The lowest BCUT2D eigenvalue weighted by Gasteiger charge is -2.12. The highest BCUT2D eigenvalue weighted by Crippen LogP contribution is 2.26. The summed E-state index contributed by atoms with van der Waals surface area (Å²) < 4.78 is 10.5. The van der Waals surface area contributed by atoms with E-state index in [-0.39, 0.29) is 5.91 Å². The number of methoxy groups -OCH3 is 1. The maximum absolute atomic E-state index is 12.8. The van der Waals surface area contributed by atoms with Crippen LogP contribution < -0.4 is 5.32 Å². The number of furan rings is 1. The summed E-state index contributed by atoms with van der Waals surface area (Å²) >= 11 is 1.40. The molecule has 1 amide bonds. The summed E-state index contributed by atoms with van der Waals surface area (Å²) in [5, 5.41) is 3.52. The van der Waals surface area contributed by atoms with E-state index in [0.29, 0.717) is 40.2 Å². The molecule has 0 aliphatic rings. The van der Waals surface area contributed by atoms with E-state index in [9.17, 15) is 4.79 Å². The van der Waals surface area contributed by atoms with Crippen LogP contribution in [-0.4, -0.2) is 29.2 Å². The lowest BCUT2D eigenvalue weighted by Crippen LogP contribution is -2.17. The van der Waals surface area contributed by atoms with Gasteiger partial charge in [0.2, 0.25) is 0 Å². The van der Waals surface area contributed by atoms with E-state index >= 15 is 0 Å². The molecular formula is C19H19N3O3S. The van der Waals surface area contributed by atoms with Crippen LogP contribution >= 0.6 is 11.8 Å². The Morgan fingerprint density at radius 3 is 2.81 bits per heavy atom. The van der Waals surface area contributed by atoms with Gasteiger partial charge in [-0.25, -0.2) is 9.97 Å². The lowest BCUT2D eigenvalue weighted by atomic mass is 10.2. The van der Waals surface area contributed by atoms with Crippen LogP contribution in [0.25, 0.3) is 11.6 Å². The molecule has 3 aromatic rings. The first kappa shape index (κ1) is 18.2. The number of benzene rings is 1. The van der Waals surface area contributed by atoms with Crippen LogP contribution in [0.5, 0.6) is 0 Å². The van der Waals surface area contributed by atoms with Crippen molar-refractivity contribution in [3.8, 4) is 11.6 Å². The van der Waals surface area contributed by atoms with Crippen molar-refractivity contribution in [1.29, 1.82) is 0 Å². The molecule has 1 aromatic carbocycles. The number of hydrogen-bond acceptors (Lipinski definition) is 6. The van der Waals surface area contributed by atoms with Crippen molar-refractivity contribution in [3.05, 3.63) is 59.5 Å². The maximum atomic E-state index is 12.8. The van der Waals surface area contributed by atoms with Crippen molar-refractivity contribution < 1.29 is 13.9 Å². The number of nitrogens with one attached hydrogen (secondary N) is 1. The van der Waals surface area contributed by atoms with Gasteiger partial charge in [-0.2, -0.15) is 0 Å². The zero-order valence-electron chi connectivity index (χ0n) is 14.8. The second kappa shape index (κ2) is 8.16. The molecule has 0 saturated heterocycles. The van der Waals surface area contributed by atoms with Gasteiger partial charge < -0.3 is 14.5 Å². The smallest absolute Gasteiger partial charge is 0.260 e. The second-order valence-corrected chi connectivity index (χ2v) is 6.38. The zero-order chi connectivity index (χ0) is 18.5. The molecule has 0 unspecified atom stereocenters. The number of ether oxygens (including phenoxy) is 1. The Kier molecular flexibility index (Phi) is 5.70. The number of rotatable bonds is 6. The number of aryl methyl sites for hydroxylation is 1. The van der Waals surface area contributed by atoms with Crippen LogP contribution in [0.4, 0.5) is 5.69 Å². The largest absolute Gasteiger partial charge is 0.461 e. The molecular weight excluding hydrogens is 350 g/mol. The normalized spacial score (nSPS) is 10.7. The van der Waals surface area contributed by atoms with Gasteiger partial charge >= 0.3 is 0 Å². The molecule has 7 heteroatoms. The number of aromatic nitrogens is 2. The highest BCUT2D eigenvalue weighted by molar-refractivity contribution is 7.98. The molecule has 3 rings (SSSR count). The Labute approximate surface area is 156 Å². The van der Waals surface area contributed by atoms with Crippen molar-refractivity contribution in [2.24, 2.45) is 0 Å². The molecule has 0 atom stereocenters. The van der Waals surface area contributed by atoms with Crippen molar-refractivity contribution in [2.75, 3.05) is 18.7 Å². The van der Waals surface area contributed by atoms with E-state index in [2.05, 4.69) is 15.3 Å². The third-order valence-electron chi connectivity index (χ3n) is 3.71. The van der Waals surface area contributed by atoms with Gasteiger partial charge in [-0.05, 0) is 43.0 Å². The number of thioether (sulfide) groups is 1. The summed E-state index contributed by atoms with van der Waals surface area (Å²) in [4.78, 5) is 21.7. The zero-order valence-corrected chi connectivity index (χ0v) is 15.6. The standard InChI is InChI=1S/C19H19N3O3S/c1-12-16(18(23)21-14-7-4-6-13(10-14)11-24-2)19(26-3)22-17(20-12)15-8-5-9-25-15/h4-10H,11H2,1-3H3,(H,21,23). The number of carbonyl (C=O) groups excluding carboxylic acids is 1. The first-order chi connectivity index (χ1) is 12.6. The van der Waals surface area contributed by atoms with Crippen LogP contribution in [0.2, 0.25) is 0 Å². The Hall–Kier alpha value is -2.64. The highest BCUT2D eigenvalue weighted by atomic mass is 32.2. The Bertz CT molecular complexity index is 910. The van der Waals surface area contributed by atoms with Crippen LogP contribution in [0.3, 0.4) is 0 Å². The average Bonchev–Trinajstić information content (AvgIpc) is 3.16. The number of nitrogens with zero attached hydrogens (tertiary/aromatic N) is 2. The summed E-state index contributed by atoms with van der Waals surface area (Å²) in [6.07, 6.45) is 3.45. The monoisotopic (exact) mass is 369 g/mol. The number of carbonyl (C=O) groups is 1. The molecule has 0 radical (unpaired) electrons. The van der Waals surface area contributed by atoms with Crippen molar-refractivity contribution in [3.63, 3.8) is 0 Å². The molecule has 2 aromatic heterocycles. The van der Waals surface area contributed by atoms with E-state index in [1.165, 1.54) is 11.8 Å². The topological polar surface area (TPSA) is 77.2 Å². The molecule has 134 valence electrons. The third-order valence-corrected chi connectivity index (χ3v) is 4.40. The number of anilines is 1. The summed E-state index contributed by atoms with van der Waals surface area (Å²) in [7, 11) is 1.64. The fraction of sp³-hybridized carbons (Fsp3) is 0.211. The van der Waals surface area contributed by atoms with Gasteiger partial charge in [0, 0.05) is 12.8 Å². The Balaban J connectivity index is 1.90. The minimum Gasteiger partial charge on any atom is -0.461 e. The summed E-state index contributed by atoms with van der Waals surface area (Å²) in [5.74, 6) is 0.797. The molecule has 0 spiro atoms. The van der Waals surface area contributed by atoms with Crippen molar-refractivity contribution in [2.45, 2.75) is 18.6 Å². The summed E-state index contributed by atoms with van der Waals surface area (Å²) in [6.45, 7) is 2.28. The molecule has 0 aliphatic carbocycles. The van der Waals surface area contributed by atoms with E-state index in [1.807, 2.05) is 30.5 Å². The minimum absolute atomic E-state index is 0.243. The van der Waals surface area contributed by atoms with E-state index in [1.54, 1.807) is 32.4 Å². The van der Waals surface area contributed by atoms with Gasteiger partial charge in [0.25, 0.3) is 5.91 Å². The predicted molar refractivity (Wildman–Crippen MR) is 101 cm³/mol. The number of amides is 1. The quantitative estimate of drug-likeness (QED) is 0.519. The average molecular weight is 369 g/mol. The van der Waals surface area contributed by atoms with Gasteiger partial charge in [-0.3, -0.25) is 4.79 Å². The molecule has 2 heterocycles. The molecule has 1 N–H and O–H groups in total. The first-order valence-corrected chi connectivity index (χ1v) is 9.20. The first-order valence-electron chi connectivity index (χ1n) is 7.98. The van der Waals surface area contributed by atoms with Crippen molar-refractivity contribution >= 4 is 23.4 Å². The summed E-state index contributed by atoms with van der Waals surface area (Å²) in [5.41, 5.74) is 2.74. The van der Waals surface area contributed by atoms with Crippen LogP contribution in [0.15, 0.2) is 52.1 Å². The van der Waals surface area contributed by atoms with Crippen LogP contribution in [0.1, 0.15) is 21.6 Å². The van der Waals surface area contributed by atoms with Crippen LogP contribution in [0, 0.1) is 6.92 Å². The highest BCUT2D eigenvalue weighted by Gasteiger charge is 2.20. The molecule has 0 aliphatic heterocycles. The van der Waals surface area contributed by atoms with E-state index in [4.69, 9.17) is 9.15 Å². The molecule has 6 nitrogen and oxygen atoms in total. The van der Waals surface area contributed by atoms with Crippen molar-refractivity contribution in [1.82, 2.24) is 9.97 Å². The van der Waals surface area contributed by atoms with Gasteiger partial charge in [-0.15, -0.1) is 11.8 Å². The Morgan fingerprint density at radius 2 is 2.12 bits per heavy atom. The lowest BCUT2D eigenvalue weighted by molar-refractivity contribution is 0.102. The predicted octanol–water partition coefficient (Wildman–Crippen LogP) is 4.17. The molecule has 0 fully saturated rings. The number of hydrogen-bond donors (Lipinski definition) is 1. The van der Waals surface area contributed by atoms with Gasteiger partial charge in [-0.1, -0.05) is 12.1 Å². The van der Waals surface area contributed by atoms with Gasteiger partial charge in [0.1, 0.15) is 5.03 Å². The minimum atomic E-state index is -0.243.